The second kappa shape index (κ2) is 9.49. The number of carbonyl (C=O) groups is 1. The van der Waals surface area contributed by atoms with E-state index in [1.54, 1.807) is 30.6 Å². The van der Waals surface area contributed by atoms with Crippen LogP contribution >= 0.6 is 11.3 Å². The maximum atomic E-state index is 12.7. The molecule has 2 aromatic heterocycles. The molecule has 1 atom stereocenters. The van der Waals surface area contributed by atoms with Gasteiger partial charge in [-0.3, -0.25) is 9.69 Å². The van der Waals surface area contributed by atoms with Crippen LogP contribution < -0.4 is 10.1 Å². The van der Waals surface area contributed by atoms with E-state index in [4.69, 9.17) is 9.15 Å². The summed E-state index contributed by atoms with van der Waals surface area (Å²) in [6.45, 7) is 4.26. The van der Waals surface area contributed by atoms with Gasteiger partial charge in [-0.25, -0.2) is 0 Å². The number of hydrogen-bond acceptors (Lipinski definition) is 5. The van der Waals surface area contributed by atoms with Crippen LogP contribution in [0.4, 0.5) is 5.00 Å². The first-order valence-corrected chi connectivity index (χ1v) is 11.4. The number of amides is 1. The zero-order valence-electron chi connectivity index (χ0n) is 17.5. The van der Waals surface area contributed by atoms with Gasteiger partial charge in [0, 0.05) is 10.4 Å². The van der Waals surface area contributed by atoms with Crippen molar-refractivity contribution in [2.24, 2.45) is 0 Å². The number of rotatable bonds is 7. The molecule has 6 heteroatoms. The average molecular weight is 425 g/mol. The lowest BCUT2D eigenvalue weighted by Gasteiger charge is -2.35. The highest BCUT2D eigenvalue weighted by Gasteiger charge is 2.28. The van der Waals surface area contributed by atoms with Crippen molar-refractivity contribution in [2.75, 3.05) is 25.5 Å². The molecule has 0 aliphatic carbocycles. The lowest BCUT2D eigenvalue weighted by atomic mass is 9.95. The third-order valence-electron chi connectivity index (χ3n) is 5.61. The van der Waals surface area contributed by atoms with E-state index in [1.165, 1.54) is 36.0 Å². The van der Waals surface area contributed by atoms with Crippen molar-refractivity contribution >= 4 is 22.2 Å². The molecule has 4 rings (SSSR count). The van der Waals surface area contributed by atoms with Crippen molar-refractivity contribution < 1.29 is 13.9 Å². The van der Waals surface area contributed by atoms with E-state index in [0.29, 0.717) is 5.76 Å². The van der Waals surface area contributed by atoms with Gasteiger partial charge in [-0.2, -0.15) is 0 Å². The number of hydrogen-bond donors (Lipinski definition) is 1. The molecule has 1 fully saturated rings. The second-order valence-corrected chi connectivity index (χ2v) is 8.69. The number of nitrogens with zero attached hydrogens (tertiary/aromatic N) is 1. The van der Waals surface area contributed by atoms with Gasteiger partial charge in [0.25, 0.3) is 5.91 Å². The van der Waals surface area contributed by atoms with Crippen LogP contribution in [0.3, 0.4) is 0 Å². The van der Waals surface area contributed by atoms with Crippen LogP contribution in [-0.2, 0) is 6.42 Å². The van der Waals surface area contributed by atoms with Crippen LogP contribution in [0.5, 0.6) is 5.75 Å². The van der Waals surface area contributed by atoms with E-state index >= 15 is 0 Å². The fraction of sp³-hybridized carbons (Fsp3) is 0.375. The first-order valence-electron chi connectivity index (χ1n) is 10.5. The molecule has 0 saturated carbocycles. The van der Waals surface area contributed by atoms with Gasteiger partial charge in [0.05, 0.1) is 19.4 Å². The van der Waals surface area contributed by atoms with Crippen molar-refractivity contribution in [3.63, 3.8) is 0 Å². The Bertz CT molecular complexity index is 957. The summed E-state index contributed by atoms with van der Waals surface area (Å²) in [5.41, 5.74) is 2.37. The van der Waals surface area contributed by atoms with Crippen LogP contribution in [0.25, 0.3) is 0 Å². The van der Waals surface area contributed by atoms with Crippen molar-refractivity contribution in [3.8, 4) is 5.75 Å². The fourth-order valence-corrected chi connectivity index (χ4v) is 5.08. The third-order valence-corrected chi connectivity index (χ3v) is 6.82. The molecule has 0 unspecified atom stereocenters. The van der Waals surface area contributed by atoms with Crippen molar-refractivity contribution in [1.29, 1.82) is 0 Å². The number of methoxy groups -OCH3 is 1. The van der Waals surface area contributed by atoms with Gasteiger partial charge in [0.2, 0.25) is 0 Å². The summed E-state index contributed by atoms with van der Waals surface area (Å²) in [6, 6.07) is 14.1. The SMILES string of the molecule is CCc1cc([C@H](c2ccc(OC)cc2)N2CCCCC2)c(NC(=O)c2ccco2)s1. The minimum atomic E-state index is -0.210. The Morgan fingerprint density at radius 1 is 1.20 bits per heavy atom. The molecule has 1 N–H and O–H groups in total. The molecule has 0 radical (unpaired) electrons. The first-order chi connectivity index (χ1) is 14.7. The van der Waals surface area contributed by atoms with Crippen LogP contribution in [0, 0.1) is 0 Å². The number of aryl methyl sites for hydroxylation is 1. The summed E-state index contributed by atoms with van der Waals surface area (Å²) < 4.78 is 10.7. The Kier molecular flexibility index (Phi) is 6.55. The maximum Gasteiger partial charge on any atom is 0.291 e. The topological polar surface area (TPSA) is 54.7 Å². The lowest BCUT2D eigenvalue weighted by molar-refractivity contribution is 0.0996. The summed E-state index contributed by atoms with van der Waals surface area (Å²) in [7, 11) is 1.69. The number of furan rings is 1. The maximum absolute atomic E-state index is 12.7. The predicted molar refractivity (Wildman–Crippen MR) is 121 cm³/mol. The van der Waals surface area contributed by atoms with Crippen LogP contribution in [0.2, 0.25) is 0 Å². The number of likely N-dealkylation sites (tertiary alicyclic amines) is 1. The minimum Gasteiger partial charge on any atom is -0.497 e. The quantitative estimate of drug-likeness (QED) is 0.525. The molecule has 0 spiro atoms. The number of ether oxygens (including phenoxy) is 1. The molecule has 3 heterocycles. The highest BCUT2D eigenvalue weighted by Crippen LogP contribution is 2.41. The van der Waals surface area contributed by atoms with Gasteiger partial charge in [0.15, 0.2) is 5.76 Å². The molecule has 1 saturated heterocycles. The molecular formula is C24H28N2O3S. The standard InChI is InChI=1S/C24H28N2O3S/c1-3-19-16-20(24(30-19)25-23(27)21-8-7-15-29-21)22(26-13-5-4-6-14-26)17-9-11-18(28-2)12-10-17/h7-12,15-16,22H,3-6,13-14H2,1-2H3,(H,25,27)/t22-/m0/s1. The molecule has 1 amide bonds. The molecule has 0 bridgehead atoms. The number of carbonyl (C=O) groups excluding carboxylic acids is 1. The number of thiophene rings is 1. The molecule has 1 aliphatic rings. The van der Waals surface area contributed by atoms with Gasteiger partial charge < -0.3 is 14.5 Å². The number of nitrogens with one attached hydrogen (secondary N) is 1. The molecule has 5 nitrogen and oxygen atoms in total. The summed E-state index contributed by atoms with van der Waals surface area (Å²) in [6.07, 6.45) is 6.13. The highest BCUT2D eigenvalue weighted by molar-refractivity contribution is 7.16. The molecule has 30 heavy (non-hydrogen) atoms. The average Bonchev–Trinajstić information content (AvgIpc) is 3.46. The largest absolute Gasteiger partial charge is 0.497 e. The highest BCUT2D eigenvalue weighted by atomic mass is 32.1. The van der Waals surface area contributed by atoms with Crippen LogP contribution in [0.1, 0.15) is 58.8 Å². The predicted octanol–water partition coefficient (Wildman–Crippen LogP) is 5.74. The summed E-state index contributed by atoms with van der Waals surface area (Å²) >= 11 is 1.65. The van der Waals surface area contributed by atoms with Crippen LogP contribution in [0.15, 0.2) is 53.1 Å². The van der Waals surface area contributed by atoms with E-state index in [9.17, 15) is 4.79 Å². The lowest BCUT2D eigenvalue weighted by Crippen LogP contribution is -2.34. The van der Waals surface area contributed by atoms with Gasteiger partial charge in [0.1, 0.15) is 10.8 Å². The first kappa shape index (κ1) is 20.7. The molecule has 1 aliphatic heterocycles. The monoisotopic (exact) mass is 424 g/mol. The smallest absolute Gasteiger partial charge is 0.291 e. The van der Waals surface area contributed by atoms with E-state index in [2.05, 4.69) is 35.3 Å². The van der Waals surface area contributed by atoms with Crippen molar-refractivity contribution in [3.05, 3.63) is 70.5 Å². The normalized spacial score (nSPS) is 15.7. The molecule has 1 aromatic carbocycles. The second-order valence-electron chi connectivity index (χ2n) is 7.55. The Balaban J connectivity index is 1.73. The summed E-state index contributed by atoms with van der Waals surface area (Å²) in [4.78, 5) is 16.5. The number of benzene rings is 1. The van der Waals surface area contributed by atoms with Gasteiger partial charge >= 0.3 is 0 Å². The summed E-state index contributed by atoms with van der Waals surface area (Å²) in [5, 5.41) is 4.02. The van der Waals surface area contributed by atoms with Gasteiger partial charge in [-0.1, -0.05) is 25.5 Å². The third kappa shape index (κ3) is 4.45. The van der Waals surface area contributed by atoms with E-state index in [0.717, 1.165) is 35.8 Å². The van der Waals surface area contributed by atoms with Crippen LogP contribution in [-0.4, -0.2) is 31.0 Å². The minimum absolute atomic E-state index is 0.0969. The molecular weight excluding hydrogens is 396 g/mol. The zero-order valence-corrected chi connectivity index (χ0v) is 18.3. The zero-order chi connectivity index (χ0) is 20.9. The van der Waals surface area contributed by atoms with E-state index < -0.39 is 0 Å². The van der Waals surface area contributed by atoms with Gasteiger partial charge in [-0.15, -0.1) is 11.3 Å². The Morgan fingerprint density at radius 3 is 2.60 bits per heavy atom. The Labute approximate surface area is 181 Å². The molecule has 158 valence electrons. The van der Waals surface area contributed by atoms with E-state index in [-0.39, 0.29) is 11.9 Å². The van der Waals surface area contributed by atoms with Crippen molar-refractivity contribution in [1.82, 2.24) is 4.90 Å². The number of piperidine rings is 1. The van der Waals surface area contributed by atoms with Gasteiger partial charge in [-0.05, 0) is 68.2 Å². The summed E-state index contributed by atoms with van der Waals surface area (Å²) in [5.74, 6) is 0.964. The number of anilines is 1. The molecule has 3 aromatic rings. The van der Waals surface area contributed by atoms with Crippen molar-refractivity contribution in [2.45, 2.75) is 38.6 Å². The van der Waals surface area contributed by atoms with E-state index in [1.807, 2.05) is 12.1 Å². The fourth-order valence-electron chi connectivity index (χ4n) is 4.06. The Morgan fingerprint density at radius 2 is 1.97 bits per heavy atom. The Hall–Kier alpha value is -2.57.